The molecule has 0 fully saturated rings. The molecule has 0 amide bonds. The smallest absolute Gasteiger partial charge is 0.0552 e. The Labute approximate surface area is 103 Å². The molecule has 0 bridgehead atoms. The predicted molar refractivity (Wildman–Crippen MR) is 73.8 cm³/mol. The molecule has 0 aliphatic carbocycles. The fourth-order valence-corrected chi connectivity index (χ4v) is 2.60. The van der Waals surface area contributed by atoms with E-state index in [9.17, 15) is 0 Å². The number of hydrogen-bond acceptors (Lipinski definition) is 3. The van der Waals surface area contributed by atoms with E-state index in [1.165, 1.54) is 25.0 Å². The summed E-state index contributed by atoms with van der Waals surface area (Å²) in [7, 11) is 0. The Kier molecular flexibility index (Phi) is 5.67. The van der Waals surface area contributed by atoms with E-state index < -0.39 is 0 Å². The molecule has 16 heavy (non-hydrogen) atoms. The van der Waals surface area contributed by atoms with Crippen molar-refractivity contribution in [2.45, 2.75) is 45.8 Å². The highest BCUT2D eigenvalue weighted by Gasteiger charge is 2.05. The van der Waals surface area contributed by atoms with Gasteiger partial charge in [0.2, 0.25) is 0 Å². The predicted octanol–water partition coefficient (Wildman–Crippen LogP) is 3.70. The van der Waals surface area contributed by atoms with Crippen molar-refractivity contribution in [3.05, 3.63) is 23.0 Å². The lowest BCUT2D eigenvalue weighted by Crippen LogP contribution is -2.00. The van der Waals surface area contributed by atoms with E-state index in [-0.39, 0.29) is 0 Å². The van der Waals surface area contributed by atoms with E-state index in [2.05, 4.69) is 18.8 Å². The third kappa shape index (κ3) is 3.71. The molecule has 0 saturated carbocycles. The van der Waals surface area contributed by atoms with Gasteiger partial charge in [0.1, 0.15) is 0 Å². The van der Waals surface area contributed by atoms with Gasteiger partial charge in [-0.15, -0.1) is 0 Å². The van der Waals surface area contributed by atoms with Gasteiger partial charge in [-0.25, -0.2) is 0 Å². The standard InChI is InChI=1S/C13H22N2S/c1-4-5-6-7-16-9-12-11(3)13(14)10(2)8-15-12/h8H,4-7,9H2,1-3H3,(H2,14,15). The van der Waals surface area contributed by atoms with Crippen LogP contribution in [0.5, 0.6) is 0 Å². The van der Waals surface area contributed by atoms with E-state index in [0.29, 0.717) is 0 Å². The Hall–Kier alpha value is -0.700. The summed E-state index contributed by atoms with van der Waals surface area (Å²) in [5, 5.41) is 0. The largest absolute Gasteiger partial charge is 0.398 e. The molecule has 1 heterocycles. The second-order valence-corrected chi connectivity index (χ2v) is 5.29. The Balaban J connectivity index is 2.45. The quantitative estimate of drug-likeness (QED) is 0.768. The molecule has 3 heteroatoms. The number of aryl methyl sites for hydroxylation is 1. The zero-order valence-electron chi connectivity index (χ0n) is 10.5. The maximum absolute atomic E-state index is 5.99. The second-order valence-electron chi connectivity index (χ2n) is 4.19. The second kappa shape index (κ2) is 6.79. The minimum absolute atomic E-state index is 0.902. The third-order valence-corrected chi connectivity index (χ3v) is 3.86. The van der Waals surface area contributed by atoms with Crippen LogP contribution in [0.15, 0.2) is 6.20 Å². The molecule has 2 nitrogen and oxygen atoms in total. The molecule has 1 rings (SSSR count). The molecule has 0 saturated heterocycles. The number of unbranched alkanes of at least 4 members (excludes halogenated alkanes) is 2. The van der Waals surface area contributed by atoms with Gasteiger partial charge < -0.3 is 5.73 Å². The number of hydrogen-bond donors (Lipinski definition) is 1. The van der Waals surface area contributed by atoms with E-state index in [0.717, 1.165) is 28.3 Å². The Morgan fingerprint density at radius 2 is 2.06 bits per heavy atom. The molecule has 90 valence electrons. The number of rotatable bonds is 6. The highest BCUT2D eigenvalue weighted by atomic mass is 32.2. The summed E-state index contributed by atoms with van der Waals surface area (Å²) >= 11 is 1.96. The van der Waals surface area contributed by atoms with Gasteiger partial charge in [-0.05, 0) is 37.1 Å². The van der Waals surface area contributed by atoms with Crippen molar-refractivity contribution in [3.8, 4) is 0 Å². The lowest BCUT2D eigenvalue weighted by Gasteiger charge is -2.09. The molecule has 1 aromatic rings. The third-order valence-electron chi connectivity index (χ3n) is 2.81. The first-order valence-electron chi connectivity index (χ1n) is 5.95. The topological polar surface area (TPSA) is 38.9 Å². The summed E-state index contributed by atoms with van der Waals surface area (Å²) in [6, 6.07) is 0. The Morgan fingerprint density at radius 3 is 2.75 bits per heavy atom. The summed E-state index contributed by atoms with van der Waals surface area (Å²) < 4.78 is 0. The molecule has 0 unspecified atom stereocenters. The van der Waals surface area contributed by atoms with Crippen LogP contribution in [0, 0.1) is 13.8 Å². The molecular formula is C13H22N2S. The monoisotopic (exact) mass is 238 g/mol. The maximum atomic E-state index is 5.99. The van der Waals surface area contributed by atoms with Gasteiger partial charge >= 0.3 is 0 Å². The normalized spacial score (nSPS) is 10.7. The van der Waals surface area contributed by atoms with Crippen LogP contribution < -0.4 is 5.73 Å². The first kappa shape index (κ1) is 13.4. The van der Waals surface area contributed by atoms with Crippen molar-refractivity contribution in [3.63, 3.8) is 0 Å². The van der Waals surface area contributed by atoms with Gasteiger partial charge in [0, 0.05) is 17.6 Å². The van der Waals surface area contributed by atoms with Crippen molar-refractivity contribution in [1.29, 1.82) is 0 Å². The molecule has 0 aliphatic rings. The van der Waals surface area contributed by atoms with Crippen molar-refractivity contribution < 1.29 is 0 Å². The number of aromatic nitrogens is 1. The van der Waals surface area contributed by atoms with Crippen molar-refractivity contribution in [1.82, 2.24) is 4.98 Å². The van der Waals surface area contributed by atoms with Crippen molar-refractivity contribution in [2.24, 2.45) is 0 Å². The number of nitrogen functional groups attached to an aromatic ring is 1. The molecule has 0 aromatic carbocycles. The number of thioether (sulfide) groups is 1. The summed E-state index contributed by atoms with van der Waals surface area (Å²) in [5.74, 6) is 2.21. The van der Waals surface area contributed by atoms with Crippen molar-refractivity contribution >= 4 is 17.4 Å². The number of nitrogens with two attached hydrogens (primary N) is 1. The van der Waals surface area contributed by atoms with E-state index >= 15 is 0 Å². The molecule has 0 radical (unpaired) electrons. The molecule has 0 atom stereocenters. The van der Waals surface area contributed by atoms with Crippen molar-refractivity contribution in [2.75, 3.05) is 11.5 Å². The first-order valence-corrected chi connectivity index (χ1v) is 7.10. The highest BCUT2D eigenvalue weighted by molar-refractivity contribution is 7.98. The van der Waals surface area contributed by atoms with E-state index in [1.807, 2.05) is 24.9 Å². The molecular weight excluding hydrogens is 216 g/mol. The Morgan fingerprint density at radius 1 is 1.31 bits per heavy atom. The van der Waals surface area contributed by atoms with Crippen LogP contribution in [0.4, 0.5) is 5.69 Å². The fraction of sp³-hybridized carbons (Fsp3) is 0.615. The summed E-state index contributed by atoms with van der Waals surface area (Å²) in [5.41, 5.74) is 10.3. The summed E-state index contributed by atoms with van der Waals surface area (Å²) in [6.07, 6.45) is 5.80. The lowest BCUT2D eigenvalue weighted by molar-refractivity contribution is 0.778. The number of nitrogens with zero attached hydrogens (tertiary/aromatic N) is 1. The van der Waals surface area contributed by atoms with E-state index in [4.69, 9.17) is 5.73 Å². The van der Waals surface area contributed by atoms with Crippen LogP contribution in [0.25, 0.3) is 0 Å². The average molecular weight is 238 g/mol. The molecule has 0 aliphatic heterocycles. The van der Waals surface area contributed by atoms with Crippen LogP contribution in [0.3, 0.4) is 0 Å². The molecule has 1 aromatic heterocycles. The summed E-state index contributed by atoms with van der Waals surface area (Å²) in [6.45, 7) is 6.31. The van der Waals surface area contributed by atoms with Crippen LogP contribution in [0.2, 0.25) is 0 Å². The lowest BCUT2D eigenvalue weighted by atomic mass is 10.1. The number of anilines is 1. The zero-order chi connectivity index (χ0) is 12.0. The fourth-order valence-electron chi connectivity index (χ4n) is 1.56. The van der Waals surface area contributed by atoms with Crippen LogP contribution >= 0.6 is 11.8 Å². The maximum Gasteiger partial charge on any atom is 0.0552 e. The van der Waals surface area contributed by atoms with Gasteiger partial charge in [-0.3, -0.25) is 4.98 Å². The highest BCUT2D eigenvalue weighted by Crippen LogP contribution is 2.22. The van der Waals surface area contributed by atoms with E-state index in [1.54, 1.807) is 0 Å². The van der Waals surface area contributed by atoms with Crippen LogP contribution in [-0.2, 0) is 5.75 Å². The average Bonchev–Trinajstić information content (AvgIpc) is 2.28. The minimum Gasteiger partial charge on any atom is -0.398 e. The zero-order valence-corrected chi connectivity index (χ0v) is 11.4. The van der Waals surface area contributed by atoms with Gasteiger partial charge in [0.25, 0.3) is 0 Å². The minimum atomic E-state index is 0.902. The molecule has 2 N–H and O–H groups in total. The summed E-state index contributed by atoms with van der Waals surface area (Å²) in [4.78, 5) is 4.46. The van der Waals surface area contributed by atoms with Gasteiger partial charge in [-0.1, -0.05) is 19.8 Å². The first-order chi connectivity index (χ1) is 7.66. The van der Waals surface area contributed by atoms with Gasteiger partial charge in [-0.2, -0.15) is 11.8 Å². The number of pyridine rings is 1. The van der Waals surface area contributed by atoms with Crippen LogP contribution in [0.1, 0.15) is 43.0 Å². The Bertz CT molecular complexity index is 337. The van der Waals surface area contributed by atoms with Gasteiger partial charge in [0.15, 0.2) is 0 Å². The van der Waals surface area contributed by atoms with Crippen LogP contribution in [-0.4, -0.2) is 10.7 Å². The molecule has 0 spiro atoms. The SMILES string of the molecule is CCCCCSCc1ncc(C)c(N)c1C. The van der Waals surface area contributed by atoms with Gasteiger partial charge in [0.05, 0.1) is 5.69 Å².